The maximum absolute atomic E-state index is 11.1. The minimum atomic E-state index is -4.72. The second-order valence-corrected chi connectivity index (χ2v) is 6.33. The van der Waals surface area contributed by atoms with Gasteiger partial charge in [0.2, 0.25) is 0 Å². The Hall–Kier alpha value is -2.09. The second kappa shape index (κ2) is 6.19. The summed E-state index contributed by atoms with van der Waals surface area (Å²) in [7, 11) is -4.72. The van der Waals surface area contributed by atoms with E-state index in [0.29, 0.717) is 5.56 Å². The van der Waals surface area contributed by atoms with Crippen LogP contribution >= 0.6 is 7.75 Å². The molecule has 7 N–H and O–H groups in total. The molecule has 0 aliphatic heterocycles. The average Bonchev–Trinajstić information content (AvgIpc) is 2.35. The van der Waals surface area contributed by atoms with Crippen LogP contribution in [0.1, 0.15) is 11.1 Å². The molecule has 9 heteroatoms. The summed E-state index contributed by atoms with van der Waals surface area (Å²) >= 11 is 0. The third kappa shape index (κ3) is 4.44. The lowest BCUT2D eigenvalue weighted by Crippen LogP contribution is -2.29. The minimum Gasteiger partial charge on any atom is -0.508 e. The third-order valence-electron chi connectivity index (χ3n) is 3.07. The van der Waals surface area contributed by atoms with Crippen molar-refractivity contribution in [2.24, 2.45) is 0 Å². The highest BCUT2D eigenvalue weighted by atomic mass is 31.2. The van der Waals surface area contributed by atoms with E-state index < -0.39 is 31.3 Å². The van der Waals surface area contributed by atoms with Gasteiger partial charge in [-0.2, -0.15) is 0 Å². The number of phenolic OH excluding ortho intramolecular Hbond substituents is 2. The van der Waals surface area contributed by atoms with Crippen LogP contribution in [0.3, 0.4) is 0 Å². The largest absolute Gasteiger partial charge is 0.508 e. The van der Waals surface area contributed by atoms with E-state index in [4.69, 9.17) is 9.79 Å². The van der Waals surface area contributed by atoms with E-state index in [1.165, 1.54) is 36.4 Å². The van der Waals surface area contributed by atoms with Crippen molar-refractivity contribution in [3.63, 3.8) is 0 Å². The van der Waals surface area contributed by atoms with Crippen molar-refractivity contribution >= 4 is 13.4 Å². The Kier molecular flexibility index (Phi) is 4.65. The van der Waals surface area contributed by atoms with Crippen molar-refractivity contribution in [3.05, 3.63) is 53.6 Å². The molecule has 0 atom stereocenters. The minimum absolute atomic E-state index is 0.0795. The summed E-state index contributed by atoms with van der Waals surface area (Å²) < 4.78 is 11.1. The van der Waals surface area contributed by atoms with Crippen LogP contribution in [-0.2, 0) is 16.8 Å². The zero-order chi connectivity index (χ0) is 17.3. The number of aliphatic hydroxyl groups is 2. The van der Waals surface area contributed by atoms with Gasteiger partial charge in [0, 0.05) is 6.42 Å². The zero-order valence-electron chi connectivity index (χ0n) is 11.8. The van der Waals surface area contributed by atoms with Gasteiger partial charge >= 0.3 is 7.75 Å². The maximum Gasteiger partial charge on any atom is 0.427 e. The summed E-state index contributed by atoms with van der Waals surface area (Å²) in [5.74, 6) is -3.26. The van der Waals surface area contributed by atoms with Gasteiger partial charge < -0.3 is 30.2 Å². The molecule has 2 aromatic carbocycles. The molecule has 0 spiro atoms. The zero-order valence-corrected chi connectivity index (χ0v) is 12.7. The third-order valence-corrected chi connectivity index (χ3v) is 3.60. The van der Waals surface area contributed by atoms with Crippen LogP contribution in [0.25, 0.3) is 0 Å². The van der Waals surface area contributed by atoms with Gasteiger partial charge in [-0.1, -0.05) is 18.2 Å². The molecule has 0 bridgehead atoms. The van der Waals surface area contributed by atoms with Gasteiger partial charge in [0.25, 0.3) is 0 Å². The first-order valence-corrected chi connectivity index (χ1v) is 8.09. The molecule has 0 aliphatic rings. The number of hydrogen-bond acceptors (Lipinski definition) is 5. The van der Waals surface area contributed by atoms with Crippen LogP contribution in [-0.4, -0.2) is 30.2 Å². The highest BCUT2D eigenvalue weighted by Gasteiger charge is 2.34. The Morgan fingerprint density at radius 2 is 1.70 bits per heavy atom. The fourth-order valence-electron chi connectivity index (χ4n) is 2.25. The van der Waals surface area contributed by atoms with Gasteiger partial charge in [0.05, 0.1) is 11.3 Å². The molecule has 0 saturated carbocycles. The van der Waals surface area contributed by atoms with Gasteiger partial charge in [0.1, 0.15) is 11.5 Å². The van der Waals surface area contributed by atoms with E-state index in [1.54, 1.807) is 0 Å². The van der Waals surface area contributed by atoms with Crippen LogP contribution in [0.4, 0.5) is 5.69 Å². The average molecular weight is 341 g/mol. The quantitative estimate of drug-likeness (QED) is 0.314. The van der Waals surface area contributed by atoms with Gasteiger partial charge in [-0.15, -0.1) is 0 Å². The Labute approximate surface area is 131 Å². The first-order chi connectivity index (χ1) is 10.6. The maximum atomic E-state index is 11.1. The van der Waals surface area contributed by atoms with E-state index >= 15 is 0 Å². The molecule has 0 saturated heterocycles. The first kappa shape index (κ1) is 17.3. The van der Waals surface area contributed by atoms with E-state index in [9.17, 15) is 25.0 Å². The summed E-state index contributed by atoms with van der Waals surface area (Å²) in [6.45, 7) is 0. The first-order valence-electron chi connectivity index (χ1n) is 6.47. The second-order valence-electron chi connectivity index (χ2n) is 5.02. The lowest BCUT2D eigenvalue weighted by molar-refractivity contribution is -0.168. The molecule has 0 fully saturated rings. The molecule has 0 heterocycles. The SMILES string of the molecule is O=P(O)(O)Nc1cccc(O)c1C(O)(O)Cc1cccc(O)c1. The number of benzene rings is 2. The number of phenols is 2. The summed E-state index contributed by atoms with van der Waals surface area (Å²) in [5, 5.41) is 41.8. The summed E-state index contributed by atoms with van der Waals surface area (Å²) in [6, 6.07) is 9.37. The van der Waals surface area contributed by atoms with Crippen molar-refractivity contribution in [1.29, 1.82) is 0 Å². The number of nitrogens with one attached hydrogen (secondary N) is 1. The molecule has 2 aromatic rings. The molecule has 0 amide bonds. The van der Waals surface area contributed by atoms with Crippen LogP contribution in [0.5, 0.6) is 11.5 Å². The summed E-state index contributed by atoms with van der Waals surface area (Å²) in [4.78, 5) is 18.0. The molecule has 124 valence electrons. The lowest BCUT2D eigenvalue weighted by atomic mass is 9.95. The Balaban J connectivity index is 2.44. The molecule has 0 aromatic heterocycles. The van der Waals surface area contributed by atoms with Gasteiger partial charge in [-0.05, 0) is 29.8 Å². The molecule has 0 radical (unpaired) electrons. The highest BCUT2D eigenvalue weighted by Crippen LogP contribution is 2.43. The van der Waals surface area contributed by atoms with E-state index in [1.807, 2.05) is 5.09 Å². The molecular formula is C14H16NO7P. The van der Waals surface area contributed by atoms with Crippen molar-refractivity contribution < 1.29 is 34.8 Å². The number of aromatic hydroxyl groups is 2. The number of anilines is 1. The standard InChI is InChI=1S/C14H16NO7P/c16-10-4-1-3-9(7-10)8-14(18,19)13-11(15-23(20,21)22)5-2-6-12(13)17/h1-7,16-19H,8H2,(H3,15,20,21,22). The van der Waals surface area contributed by atoms with Crippen LogP contribution < -0.4 is 5.09 Å². The molecule has 0 unspecified atom stereocenters. The predicted molar refractivity (Wildman–Crippen MR) is 81.7 cm³/mol. The fraction of sp³-hybridized carbons (Fsp3) is 0.143. The Bertz CT molecular complexity index is 757. The molecule has 23 heavy (non-hydrogen) atoms. The van der Waals surface area contributed by atoms with Gasteiger partial charge in [-0.3, -0.25) is 5.09 Å². The molecular weight excluding hydrogens is 325 g/mol. The van der Waals surface area contributed by atoms with Crippen LogP contribution in [0.2, 0.25) is 0 Å². The molecule has 0 aliphatic carbocycles. The summed E-state index contributed by atoms with van der Waals surface area (Å²) in [5.41, 5.74) is -0.449. The number of hydrogen-bond donors (Lipinski definition) is 7. The normalized spacial score (nSPS) is 12.2. The highest BCUT2D eigenvalue weighted by molar-refractivity contribution is 7.53. The Morgan fingerprint density at radius 1 is 1.04 bits per heavy atom. The fourth-order valence-corrected chi connectivity index (χ4v) is 2.75. The lowest BCUT2D eigenvalue weighted by Gasteiger charge is -2.26. The van der Waals surface area contributed by atoms with Gasteiger partial charge in [-0.25, -0.2) is 4.57 Å². The monoisotopic (exact) mass is 341 g/mol. The van der Waals surface area contributed by atoms with E-state index in [0.717, 1.165) is 6.07 Å². The van der Waals surface area contributed by atoms with Gasteiger partial charge in [0.15, 0.2) is 5.79 Å². The van der Waals surface area contributed by atoms with Crippen molar-refractivity contribution in [1.82, 2.24) is 0 Å². The van der Waals surface area contributed by atoms with Crippen LogP contribution in [0, 0.1) is 0 Å². The van der Waals surface area contributed by atoms with Crippen molar-refractivity contribution in [2.75, 3.05) is 5.09 Å². The Morgan fingerprint density at radius 3 is 2.30 bits per heavy atom. The molecule has 2 rings (SSSR count). The van der Waals surface area contributed by atoms with E-state index in [2.05, 4.69) is 0 Å². The van der Waals surface area contributed by atoms with Crippen LogP contribution in [0.15, 0.2) is 42.5 Å². The van der Waals surface area contributed by atoms with E-state index in [-0.39, 0.29) is 11.4 Å². The van der Waals surface area contributed by atoms with Crippen molar-refractivity contribution in [2.45, 2.75) is 12.2 Å². The van der Waals surface area contributed by atoms with Crippen molar-refractivity contribution in [3.8, 4) is 11.5 Å². The predicted octanol–water partition coefficient (Wildman–Crippen LogP) is 0.982. The molecule has 8 nitrogen and oxygen atoms in total. The topological polar surface area (TPSA) is 150 Å². The number of rotatable bonds is 5. The smallest absolute Gasteiger partial charge is 0.427 e. The summed E-state index contributed by atoms with van der Waals surface area (Å²) in [6.07, 6.45) is -0.422.